The van der Waals surface area contributed by atoms with Crippen LogP contribution in [0.1, 0.15) is 10.4 Å². The van der Waals surface area contributed by atoms with Gasteiger partial charge in [-0.1, -0.05) is 6.07 Å². The number of rotatable bonds is 3. The van der Waals surface area contributed by atoms with Gasteiger partial charge in [-0.3, -0.25) is 0 Å². The van der Waals surface area contributed by atoms with Crippen LogP contribution >= 0.6 is 11.3 Å². The van der Waals surface area contributed by atoms with Gasteiger partial charge in [0.05, 0.1) is 16.2 Å². The highest BCUT2D eigenvalue weighted by atomic mass is 32.1. The standard InChI is InChI=1S/C16H14N2O2S/c1-18(2)12-6-3-10(4-7-12)15-17-13-8-5-11(16(19)20)9-14(13)21-15/h3-9H,1-2H3,(H,19,20)/p-1. The summed E-state index contributed by atoms with van der Waals surface area (Å²) in [5.74, 6) is -1.16. The summed E-state index contributed by atoms with van der Waals surface area (Å²) in [6.07, 6.45) is 0. The summed E-state index contributed by atoms with van der Waals surface area (Å²) in [5, 5.41) is 11.8. The highest BCUT2D eigenvalue weighted by molar-refractivity contribution is 7.21. The van der Waals surface area contributed by atoms with E-state index in [1.54, 1.807) is 12.1 Å². The number of hydrogen-bond acceptors (Lipinski definition) is 5. The van der Waals surface area contributed by atoms with Crippen molar-refractivity contribution in [1.82, 2.24) is 4.98 Å². The number of carbonyl (C=O) groups excluding carboxylic acids is 1. The third-order valence-electron chi connectivity index (χ3n) is 3.25. The summed E-state index contributed by atoms with van der Waals surface area (Å²) in [6, 6.07) is 13.0. The first-order valence-electron chi connectivity index (χ1n) is 6.44. The minimum Gasteiger partial charge on any atom is -0.545 e. The first kappa shape index (κ1) is 13.6. The van der Waals surface area contributed by atoms with Gasteiger partial charge in [-0.25, -0.2) is 4.98 Å². The molecule has 0 atom stereocenters. The van der Waals surface area contributed by atoms with Gasteiger partial charge in [0.15, 0.2) is 0 Å². The molecule has 0 aliphatic heterocycles. The molecule has 1 heterocycles. The Morgan fingerprint density at radius 2 is 1.86 bits per heavy atom. The second-order valence-electron chi connectivity index (χ2n) is 4.93. The SMILES string of the molecule is CN(C)c1ccc(-c2nc3ccc(C(=O)[O-])cc3s2)cc1. The van der Waals surface area contributed by atoms with Gasteiger partial charge in [0, 0.05) is 25.3 Å². The molecule has 0 fully saturated rings. The van der Waals surface area contributed by atoms with Gasteiger partial charge in [-0.15, -0.1) is 11.3 Å². The fourth-order valence-corrected chi connectivity index (χ4v) is 3.09. The molecule has 0 N–H and O–H groups in total. The second-order valence-corrected chi connectivity index (χ2v) is 5.96. The topological polar surface area (TPSA) is 56.3 Å². The Morgan fingerprint density at radius 3 is 2.48 bits per heavy atom. The van der Waals surface area contributed by atoms with E-state index < -0.39 is 5.97 Å². The van der Waals surface area contributed by atoms with E-state index in [1.807, 2.05) is 43.3 Å². The van der Waals surface area contributed by atoms with Gasteiger partial charge in [-0.2, -0.15) is 0 Å². The molecule has 0 spiro atoms. The summed E-state index contributed by atoms with van der Waals surface area (Å²) in [6.45, 7) is 0. The summed E-state index contributed by atoms with van der Waals surface area (Å²) in [5.41, 5.74) is 3.13. The molecule has 0 aliphatic rings. The lowest BCUT2D eigenvalue weighted by Gasteiger charge is -2.11. The van der Waals surface area contributed by atoms with Crippen molar-refractivity contribution in [3.05, 3.63) is 48.0 Å². The number of benzene rings is 2. The molecule has 2 aromatic carbocycles. The lowest BCUT2D eigenvalue weighted by Crippen LogP contribution is -2.21. The molecule has 21 heavy (non-hydrogen) atoms. The molecule has 3 aromatic rings. The third-order valence-corrected chi connectivity index (χ3v) is 4.32. The van der Waals surface area contributed by atoms with Crippen molar-refractivity contribution in [1.29, 1.82) is 0 Å². The van der Waals surface area contributed by atoms with Crippen molar-refractivity contribution in [3.8, 4) is 10.6 Å². The summed E-state index contributed by atoms with van der Waals surface area (Å²) >= 11 is 1.48. The molecule has 3 rings (SSSR count). The van der Waals surface area contributed by atoms with E-state index in [0.29, 0.717) is 0 Å². The van der Waals surface area contributed by atoms with Crippen LogP contribution in [0.4, 0.5) is 5.69 Å². The molecule has 0 radical (unpaired) electrons. The van der Waals surface area contributed by atoms with E-state index in [0.717, 1.165) is 26.5 Å². The summed E-state index contributed by atoms with van der Waals surface area (Å²) < 4.78 is 0.850. The minimum atomic E-state index is -1.16. The maximum Gasteiger partial charge on any atom is 0.124 e. The molecule has 5 heteroatoms. The van der Waals surface area contributed by atoms with Crippen LogP contribution in [0.2, 0.25) is 0 Å². The highest BCUT2D eigenvalue weighted by Gasteiger charge is 2.07. The van der Waals surface area contributed by atoms with Gasteiger partial charge >= 0.3 is 0 Å². The Kier molecular flexibility index (Phi) is 3.35. The smallest absolute Gasteiger partial charge is 0.124 e. The Hall–Kier alpha value is -2.40. The van der Waals surface area contributed by atoms with Crippen LogP contribution in [0.25, 0.3) is 20.8 Å². The number of anilines is 1. The van der Waals surface area contributed by atoms with Crippen molar-refractivity contribution in [2.45, 2.75) is 0 Å². The number of fused-ring (bicyclic) bond motifs is 1. The van der Waals surface area contributed by atoms with Crippen LogP contribution < -0.4 is 10.0 Å². The molecule has 0 amide bonds. The van der Waals surface area contributed by atoms with Gasteiger partial charge in [0.1, 0.15) is 5.01 Å². The maximum atomic E-state index is 10.9. The van der Waals surface area contributed by atoms with Crippen LogP contribution in [0.3, 0.4) is 0 Å². The molecule has 0 saturated heterocycles. The zero-order valence-electron chi connectivity index (χ0n) is 11.7. The van der Waals surface area contributed by atoms with E-state index in [2.05, 4.69) is 4.98 Å². The Balaban J connectivity index is 2.02. The fourth-order valence-electron chi connectivity index (χ4n) is 2.08. The largest absolute Gasteiger partial charge is 0.545 e. The second kappa shape index (κ2) is 5.18. The monoisotopic (exact) mass is 297 g/mol. The quantitative estimate of drug-likeness (QED) is 0.745. The number of aromatic nitrogens is 1. The molecule has 4 nitrogen and oxygen atoms in total. The van der Waals surface area contributed by atoms with Crippen LogP contribution in [0, 0.1) is 0 Å². The number of nitrogens with zero attached hydrogens (tertiary/aromatic N) is 2. The van der Waals surface area contributed by atoms with Crippen LogP contribution in [-0.4, -0.2) is 25.0 Å². The van der Waals surface area contributed by atoms with Crippen molar-refractivity contribution < 1.29 is 9.90 Å². The van der Waals surface area contributed by atoms with Crippen LogP contribution in [0.5, 0.6) is 0 Å². The molecule has 106 valence electrons. The summed E-state index contributed by atoms with van der Waals surface area (Å²) in [4.78, 5) is 17.5. The normalized spacial score (nSPS) is 10.8. The minimum absolute atomic E-state index is 0.181. The Labute approximate surface area is 126 Å². The van der Waals surface area contributed by atoms with E-state index in [4.69, 9.17) is 0 Å². The molecular formula is C16H13N2O2S-. The molecule has 1 aromatic heterocycles. The van der Waals surface area contributed by atoms with Crippen molar-refractivity contribution in [2.24, 2.45) is 0 Å². The van der Waals surface area contributed by atoms with Crippen LogP contribution in [-0.2, 0) is 0 Å². The predicted octanol–water partition coefficient (Wildman–Crippen LogP) is 2.39. The highest BCUT2D eigenvalue weighted by Crippen LogP contribution is 2.31. The first-order chi connectivity index (χ1) is 10.0. The van der Waals surface area contributed by atoms with E-state index in [1.165, 1.54) is 17.4 Å². The molecular weight excluding hydrogens is 284 g/mol. The van der Waals surface area contributed by atoms with Crippen molar-refractivity contribution in [2.75, 3.05) is 19.0 Å². The number of thiazole rings is 1. The Bertz CT molecular complexity index is 807. The zero-order chi connectivity index (χ0) is 15.0. The van der Waals surface area contributed by atoms with Crippen LogP contribution in [0.15, 0.2) is 42.5 Å². The Morgan fingerprint density at radius 1 is 1.14 bits per heavy atom. The van der Waals surface area contributed by atoms with Crippen molar-refractivity contribution >= 4 is 33.2 Å². The summed E-state index contributed by atoms with van der Waals surface area (Å²) in [7, 11) is 3.99. The molecule has 0 saturated carbocycles. The van der Waals surface area contributed by atoms with Gasteiger partial charge in [0.2, 0.25) is 0 Å². The third kappa shape index (κ3) is 2.60. The molecule has 0 bridgehead atoms. The maximum absolute atomic E-state index is 10.9. The van der Waals surface area contributed by atoms with Gasteiger partial charge in [0.25, 0.3) is 0 Å². The number of carboxylic acids is 1. The van der Waals surface area contributed by atoms with Gasteiger partial charge < -0.3 is 14.8 Å². The zero-order valence-corrected chi connectivity index (χ0v) is 12.5. The van der Waals surface area contributed by atoms with E-state index in [-0.39, 0.29) is 5.56 Å². The fraction of sp³-hybridized carbons (Fsp3) is 0.125. The van der Waals surface area contributed by atoms with Gasteiger partial charge in [-0.05, 0) is 42.0 Å². The van der Waals surface area contributed by atoms with E-state index >= 15 is 0 Å². The lowest BCUT2D eigenvalue weighted by atomic mass is 10.2. The van der Waals surface area contributed by atoms with Crippen molar-refractivity contribution in [3.63, 3.8) is 0 Å². The number of carboxylic acid groups (broad SMARTS) is 1. The first-order valence-corrected chi connectivity index (χ1v) is 7.26. The lowest BCUT2D eigenvalue weighted by molar-refractivity contribution is -0.255. The average Bonchev–Trinajstić information content (AvgIpc) is 2.90. The van der Waals surface area contributed by atoms with E-state index in [9.17, 15) is 9.90 Å². The molecule has 0 aliphatic carbocycles. The average molecular weight is 297 g/mol. The number of aromatic carboxylic acids is 1. The number of hydrogen-bond donors (Lipinski definition) is 0. The molecule has 0 unspecified atom stereocenters. The predicted molar refractivity (Wildman–Crippen MR) is 83.7 cm³/mol. The number of carbonyl (C=O) groups is 1.